The van der Waals surface area contributed by atoms with Crippen molar-refractivity contribution in [1.82, 2.24) is 25.6 Å². The van der Waals surface area contributed by atoms with E-state index in [0.717, 1.165) is 76.5 Å². The fraction of sp³-hybridized carbons (Fsp3) is 0.527. The van der Waals surface area contributed by atoms with Gasteiger partial charge in [-0.1, -0.05) is 62.1 Å². The SMILES string of the molecule is COC(=O)C[C@H](C(=O)NN(Cc1ccc(C(N)=CC=NC(F)F)cc1)C[C@H](O)[C@@H](CC(=O)[C@@H](NC(=O)OC)C(C)(C)C(F)(F)F)Cc1ccc(C#Cc2ccc(N3CC4CCC(C3)N4C3COC3)nc2)cc1)C(C)(C)C(F)(F)F. The predicted octanol–water partition coefficient (Wildman–Crippen LogP) is 7.22. The van der Waals surface area contributed by atoms with E-state index in [2.05, 4.69) is 41.5 Å². The zero-order valence-electron chi connectivity index (χ0n) is 44.5. The summed E-state index contributed by atoms with van der Waals surface area (Å²) in [6.45, 7) is 2.06. The van der Waals surface area contributed by atoms with E-state index >= 15 is 0 Å². The number of rotatable bonds is 22. The first-order valence-electron chi connectivity index (χ1n) is 25.5. The number of nitrogens with one attached hydrogen (secondary N) is 2. The minimum atomic E-state index is -5.06. The third-order valence-corrected chi connectivity index (χ3v) is 15.0. The van der Waals surface area contributed by atoms with Crippen LogP contribution < -0.4 is 21.4 Å². The Morgan fingerprint density at radius 1 is 0.848 bits per heavy atom. The molecule has 0 saturated carbocycles. The highest BCUT2D eigenvalue weighted by Gasteiger charge is 2.57. The zero-order chi connectivity index (χ0) is 58.0. The average molecular weight is 1120 g/mol. The number of carbonyl (C=O) groups excluding carboxylic acids is 4. The largest absolute Gasteiger partial charge is 0.469 e. The molecular formula is C55H66F8N8O8. The second-order valence-corrected chi connectivity index (χ2v) is 21.1. The molecule has 3 aromatic rings. The summed E-state index contributed by atoms with van der Waals surface area (Å²) in [6.07, 6.45) is -9.40. The van der Waals surface area contributed by atoms with Gasteiger partial charge in [-0.25, -0.2) is 19.8 Å². The standard InChI is InChI=1S/C55H66F8N8O8/c1-52(2,54(58,59)60)42(25-47(74)77-5)49(75)68-70(27-36-13-16-37(17-14-36)43(64)21-22-65-50(56)57)30-45(73)38(24-44(72)48(67-51(76)78-6)53(3,4)55(61,62)63)23-34-10-7-33(8-11-34)9-12-35-15-20-46(66-26-35)69-28-39-18-19-40(29-69)71(39)41-31-79-32-41/h7-8,10-11,13-17,20-22,26,38-42,45,48,50,73H,18-19,23-25,27-32,64H2,1-6H3,(H,67,76)(H,68,75)/t38-,39?,40?,42-,45+,48-/m1/s1. The van der Waals surface area contributed by atoms with Gasteiger partial charge >= 0.3 is 31.0 Å². The zero-order valence-corrected chi connectivity index (χ0v) is 44.5. The maximum Gasteiger partial charge on any atom is 0.407 e. The smallest absolute Gasteiger partial charge is 0.407 e. The molecule has 430 valence electrons. The van der Waals surface area contributed by atoms with E-state index in [0.29, 0.717) is 73.6 Å². The number of Topliss-reactive ketones (excluding diaryl/α,β-unsaturated/α-hetero) is 1. The minimum Gasteiger partial charge on any atom is -0.469 e. The molecule has 4 heterocycles. The topological polar surface area (TPSA) is 201 Å². The molecule has 3 aliphatic heterocycles. The number of hydrazine groups is 1. The monoisotopic (exact) mass is 1120 g/mol. The number of aromatic nitrogens is 1. The number of fused-ring (bicyclic) bond motifs is 2. The summed E-state index contributed by atoms with van der Waals surface area (Å²) < 4.78 is 127. The number of benzene rings is 2. The molecule has 6 rings (SSSR count). The summed E-state index contributed by atoms with van der Waals surface area (Å²) in [5.74, 6) is -0.0347. The molecule has 5 N–H and O–H groups in total. The van der Waals surface area contributed by atoms with Gasteiger partial charge in [-0.2, -0.15) is 35.1 Å². The number of halogens is 8. The van der Waals surface area contributed by atoms with Gasteiger partial charge in [-0.15, -0.1) is 0 Å². The van der Waals surface area contributed by atoms with Crippen molar-refractivity contribution in [3.8, 4) is 11.8 Å². The molecule has 0 radical (unpaired) electrons. The van der Waals surface area contributed by atoms with E-state index in [1.54, 1.807) is 30.5 Å². The fourth-order valence-corrected chi connectivity index (χ4v) is 9.85. The molecule has 6 atom stereocenters. The highest BCUT2D eigenvalue weighted by Crippen LogP contribution is 2.46. The Balaban J connectivity index is 1.28. The number of esters is 1. The third-order valence-electron chi connectivity index (χ3n) is 15.0. The number of anilines is 1. The Hall–Kier alpha value is -6.68. The lowest BCUT2D eigenvalue weighted by Gasteiger charge is -2.47. The lowest BCUT2D eigenvalue weighted by atomic mass is 9.75. The van der Waals surface area contributed by atoms with Crippen molar-refractivity contribution in [2.24, 2.45) is 33.4 Å². The lowest BCUT2D eigenvalue weighted by molar-refractivity contribution is -0.231. The molecule has 3 aliphatic rings. The van der Waals surface area contributed by atoms with Crippen molar-refractivity contribution in [2.45, 2.75) is 116 Å². The molecular weight excluding hydrogens is 1050 g/mol. The summed E-state index contributed by atoms with van der Waals surface area (Å²) in [6, 6.07) is 15.3. The molecule has 2 unspecified atom stereocenters. The van der Waals surface area contributed by atoms with Crippen molar-refractivity contribution < 1.29 is 73.6 Å². The van der Waals surface area contributed by atoms with E-state index in [4.69, 9.17) is 15.5 Å². The van der Waals surface area contributed by atoms with Gasteiger partial charge in [0.15, 0.2) is 5.78 Å². The second kappa shape index (κ2) is 26.1. The Morgan fingerprint density at radius 2 is 1.44 bits per heavy atom. The third kappa shape index (κ3) is 15.8. The molecule has 3 fully saturated rings. The van der Waals surface area contributed by atoms with Crippen molar-refractivity contribution in [3.63, 3.8) is 0 Å². The number of aliphatic hydroxyl groups is 1. The number of aliphatic hydroxyl groups excluding tert-OH is 1. The Kier molecular flexibility index (Phi) is 20.3. The average Bonchev–Trinajstić information content (AvgIpc) is 3.66. The number of amides is 2. The normalized spacial score (nSPS) is 19.1. The van der Waals surface area contributed by atoms with Crippen LogP contribution in [-0.4, -0.2) is 146 Å². The van der Waals surface area contributed by atoms with Gasteiger partial charge in [-0.3, -0.25) is 24.7 Å². The van der Waals surface area contributed by atoms with Crippen LogP contribution in [0.15, 0.2) is 77.9 Å². The highest BCUT2D eigenvalue weighted by molar-refractivity contribution is 5.89. The Morgan fingerprint density at radius 3 is 1.97 bits per heavy atom. The van der Waals surface area contributed by atoms with Gasteiger partial charge in [0.05, 0.1) is 62.7 Å². The second-order valence-electron chi connectivity index (χ2n) is 21.1. The summed E-state index contributed by atoms with van der Waals surface area (Å²) in [4.78, 5) is 65.8. The van der Waals surface area contributed by atoms with Gasteiger partial charge < -0.3 is 35.3 Å². The van der Waals surface area contributed by atoms with E-state index in [1.165, 1.54) is 24.3 Å². The van der Waals surface area contributed by atoms with Crippen LogP contribution in [0.2, 0.25) is 0 Å². The van der Waals surface area contributed by atoms with Gasteiger partial charge in [0.1, 0.15) is 11.9 Å². The van der Waals surface area contributed by atoms with E-state index in [9.17, 15) is 59.4 Å². The maximum absolute atomic E-state index is 14.6. The first-order valence-corrected chi connectivity index (χ1v) is 25.5. The number of ketones is 1. The Labute approximate surface area is 453 Å². The first kappa shape index (κ1) is 61.5. The molecule has 2 bridgehead atoms. The Bertz CT molecular complexity index is 2690. The van der Waals surface area contributed by atoms with Crippen LogP contribution in [0.4, 0.5) is 45.7 Å². The number of allylic oxidation sites excluding steroid dienone is 1. The van der Waals surface area contributed by atoms with E-state index in [1.807, 2.05) is 17.4 Å². The number of aliphatic imine (C=N–C) groups is 1. The molecule has 16 nitrogen and oxygen atoms in total. The molecule has 0 aliphatic carbocycles. The van der Waals surface area contributed by atoms with Crippen LogP contribution in [-0.2, 0) is 41.6 Å². The molecule has 1 aromatic heterocycles. The summed E-state index contributed by atoms with van der Waals surface area (Å²) >= 11 is 0. The number of hydrogen-bond acceptors (Lipinski definition) is 14. The quantitative estimate of drug-likeness (QED) is 0.0197. The van der Waals surface area contributed by atoms with Gasteiger partial charge in [-0.05, 0) is 86.1 Å². The lowest BCUT2D eigenvalue weighted by Crippen LogP contribution is -2.62. The van der Waals surface area contributed by atoms with Gasteiger partial charge in [0.25, 0.3) is 0 Å². The number of piperazine rings is 1. The van der Waals surface area contributed by atoms with Crippen LogP contribution in [0.25, 0.3) is 5.70 Å². The summed E-state index contributed by atoms with van der Waals surface area (Å²) in [5, 5.41) is 15.2. The van der Waals surface area contributed by atoms with Crippen molar-refractivity contribution in [1.29, 1.82) is 0 Å². The number of nitrogens with two attached hydrogens (primary N) is 1. The van der Waals surface area contributed by atoms with Gasteiger partial charge in [0, 0.05) is 73.9 Å². The molecule has 24 heteroatoms. The highest BCUT2D eigenvalue weighted by atomic mass is 19.4. The first-order chi connectivity index (χ1) is 37.1. The van der Waals surface area contributed by atoms with Crippen LogP contribution in [0, 0.1) is 34.5 Å². The maximum atomic E-state index is 14.6. The van der Waals surface area contributed by atoms with Crippen molar-refractivity contribution in [2.75, 3.05) is 52.0 Å². The molecule has 0 spiro atoms. The van der Waals surface area contributed by atoms with E-state index < -0.39 is 96.9 Å². The summed E-state index contributed by atoms with van der Waals surface area (Å²) in [5.41, 5.74) is 5.02. The number of pyridine rings is 1. The molecule has 79 heavy (non-hydrogen) atoms. The van der Waals surface area contributed by atoms with Gasteiger partial charge in [0.2, 0.25) is 5.91 Å². The fourth-order valence-electron chi connectivity index (χ4n) is 9.85. The number of methoxy groups -OCH3 is 2. The number of alkyl carbamates (subject to hydrolysis) is 1. The van der Waals surface area contributed by atoms with Crippen molar-refractivity contribution in [3.05, 3.63) is 101 Å². The summed E-state index contributed by atoms with van der Waals surface area (Å²) in [7, 11) is 1.82. The van der Waals surface area contributed by atoms with Crippen molar-refractivity contribution >= 4 is 41.5 Å². The minimum absolute atomic E-state index is 0.0202. The number of nitrogens with zero attached hydrogens (tertiary/aromatic N) is 5. The number of hydrogen-bond donors (Lipinski definition) is 4. The van der Waals surface area contributed by atoms with Crippen LogP contribution >= 0.6 is 0 Å². The number of alkyl halides is 8. The van der Waals surface area contributed by atoms with Crippen LogP contribution in [0.3, 0.4) is 0 Å². The molecule has 2 aromatic carbocycles. The van der Waals surface area contributed by atoms with Crippen LogP contribution in [0.5, 0.6) is 0 Å². The van der Waals surface area contributed by atoms with Crippen LogP contribution in [0.1, 0.15) is 81.2 Å². The number of ether oxygens (including phenoxy) is 3. The molecule has 2 amide bonds. The molecule has 3 saturated heterocycles. The number of carbonyl (C=O) groups is 4. The predicted molar refractivity (Wildman–Crippen MR) is 276 cm³/mol. The van der Waals surface area contributed by atoms with E-state index in [-0.39, 0.29) is 18.7 Å².